The van der Waals surface area contributed by atoms with Crippen LogP contribution in [0, 0.1) is 5.92 Å². The van der Waals surface area contributed by atoms with Crippen molar-refractivity contribution in [3.63, 3.8) is 0 Å². The fraction of sp³-hybridized carbons (Fsp3) is 0.333. The van der Waals surface area contributed by atoms with Gasteiger partial charge in [-0.25, -0.2) is 0 Å². The normalized spacial score (nSPS) is 13.5. The number of oxime groups is 1. The molecule has 0 radical (unpaired) electrons. The first-order valence-corrected chi connectivity index (χ1v) is 5.35. The van der Waals surface area contributed by atoms with Crippen LogP contribution in [-0.4, -0.2) is 23.5 Å². The molecule has 0 bridgehead atoms. The smallest absolute Gasteiger partial charge is 0.287 e. The average Bonchev–Trinajstić information content (AvgIpc) is 2.71. The molecule has 16 heavy (non-hydrogen) atoms. The molecular formula is C9H12BrN3O3. The monoisotopic (exact) mass is 289 g/mol. The molecule has 0 fully saturated rings. The fourth-order valence-corrected chi connectivity index (χ4v) is 1.28. The molecule has 0 aliphatic heterocycles. The van der Waals surface area contributed by atoms with E-state index in [-0.39, 0.29) is 30.0 Å². The van der Waals surface area contributed by atoms with Crippen LogP contribution in [0.3, 0.4) is 0 Å². The van der Waals surface area contributed by atoms with Crippen molar-refractivity contribution in [2.75, 3.05) is 6.54 Å². The van der Waals surface area contributed by atoms with E-state index in [1.165, 1.54) is 0 Å². The Hall–Kier alpha value is -1.50. The number of hydrogen-bond acceptors (Lipinski definition) is 4. The zero-order chi connectivity index (χ0) is 12.1. The Morgan fingerprint density at radius 1 is 1.75 bits per heavy atom. The van der Waals surface area contributed by atoms with E-state index in [2.05, 4.69) is 26.4 Å². The molecule has 6 nitrogen and oxygen atoms in total. The van der Waals surface area contributed by atoms with Gasteiger partial charge in [0.05, 0.1) is 0 Å². The van der Waals surface area contributed by atoms with Gasteiger partial charge in [-0.15, -0.1) is 0 Å². The number of hydrogen-bond donors (Lipinski definition) is 3. The van der Waals surface area contributed by atoms with E-state index < -0.39 is 0 Å². The second-order valence-corrected chi connectivity index (χ2v) is 4.02. The minimum Gasteiger partial charge on any atom is -0.444 e. The van der Waals surface area contributed by atoms with E-state index in [0.29, 0.717) is 4.67 Å². The molecule has 1 aromatic rings. The van der Waals surface area contributed by atoms with Crippen LogP contribution in [0.2, 0.25) is 0 Å². The van der Waals surface area contributed by atoms with Crippen molar-refractivity contribution in [3.8, 4) is 0 Å². The van der Waals surface area contributed by atoms with Crippen LogP contribution < -0.4 is 11.1 Å². The van der Waals surface area contributed by atoms with E-state index in [0.717, 1.165) is 0 Å². The van der Waals surface area contributed by atoms with Crippen LogP contribution >= 0.6 is 15.9 Å². The lowest BCUT2D eigenvalue weighted by molar-refractivity contribution is 0.0922. The highest BCUT2D eigenvalue weighted by Crippen LogP contribution is 2.13. The first-order chi connectivity index (χ1) is 7.54. The van der Waals surface area contributed by atoms with E-state index in [1.807, 2.05) is 0 Å². The van der Waals surface area contributed by atoms with Crippen molar-refractivity contribution in [2.45, 2.75) is 6.92 Å². The van der Waals surface area contributed by atoms with Gasteiger partial charge in [0.1, 0.15) is 5.84 Å². The Morgan fingerprint density at radius 3 is 2.94 bits per heavy atom. The number of carbonyl (C=O) groups excluding carboxylic acids is 1. The molecule has 4 N–H and O–H groups in total. The summed E-state index contributed by atoms with van der Waals surface area (Å²) in [6.45, 7) is 2.00. The number of nitrogens with zero attached hydrogens (tertiary/aromatic N) is 1. The summed E-state index contributed by atoms with van der Waals surface area (Å²) in [4.78, 5) is 11.5. The Morgan fingerprint density at radius 2 is 2.44 bits per heavy atom. The number of rotatable bonds is 4. The summed E-state index contributed by atoms with van der Waals surface area (Å²) in [6.07, 6.45) is 0. The van der Waals surface area contributed by atoms with Crippen molar-refractivity contribution in [2.24, 2.45) is 16.8 Å². The highest BCUT2D eigenvalue weighted by molar-refractivity contribution is 9.10. The topological polar surface area (TPSA) is 101 Å². The fourth-order valence-electron chi connectivity index (χ4n) is 0.972. The van der Waals surface area contributed by atoms with Crippen LogP contribution in [0.15, 0.2) is 26.4 Å². The van der Waals surface area contributed by atoms with Gasteiger partial charge < -0.3 is 20.7 Å². The molecule has 1 atom stereocenters. The first-order valence-electron chi connectivity index (χ1n) is 4.55. The molecule has 1 rings (SSSR count). The standard InChI is InChI=1S/C9H12BrN3O3/c1-5(8(11)13-15)4-12-9(14)6-2-3-7(10)16-6/h2-3,5,15H,4H2,1H3,(H2,11,13)(H,12,14). The third-order valence-corrected chi connectivity index (χ3v) is 2.41. The summed E-state index contributed by atoms with van der Waals surface area (Å²) >= 11 is 3.10. The molecule has 0 aliphatic carbocycles. The lowest BCUT2D eigenvalue weighted by Crippen LogP contribution is -2.34. The van der Waals surface area contributed by atoms with Gasteiger partial charge in [0.15, 0.2) is 10.4 Å². The Balaban J connectivity index is 2.47. The lowest BCUT2D eigenvalue weighted by atomic mass is 10.1. The number of nitrogens with two attached hydrogens (primary N) is 1. The molecular weight excluding hydrogens is 278 g/mol. The van der Waals surface area contributed by atoms with E-state index >= 15 is 0 Å². The number of halogens is 1. The van der Waals surface area contributed by atoms with Crippen LogP contribution in [0.25, 0.3) is 0 Å². The summed E-state index contributed by atoms with van der Waals surface area (Å²) in [5.41, 5.74) is 5.36. The molecule has 1 aromatic heterocycles. The summed E-state index contributed by atoms with van der Waals surface area (Å²) in [5.74, 6) is -0.310. The second-order valence-electron chi connectivity index (χ2n) is 3.24. The number of carbonyl (C=O) groups is 1. The molecule has 0 spiro atoms. The van der Waals surface area contributed by atoms with E-state index in [9.17, 15) is 4.79 Å². The van der Waals surface area contributed by atoms with Crippen molar-refractivity contribution >= 4 is 27.7 Å². The number of amidine groups is 1. The summed E-state index contributed by atoms with van der Waals surface area (Å²) in [5, 5.41) is 13.9. The SMILES string of the molecule is CC(CNC(=O)c1ccc(Br)o1)C(N)=NO. The zero-order valence-electron chi connectivity index (χ0n) is 8.61. The molecule has 0 saturated heterocycles. The van der Waals surface area contributed by atoms with Crippen molar-refractivity contribution < 1.29 is 14.4 Å². The molecule has 0 saturated carbocycles. The summed E-state index contributed by atoms with van der Waals surface area (Å²) in [7, 11) is 0. The van der Waals surface area contributed by atoms with E-state index in [4.69, 9.17) is 15.4 Å². The minimum absolute atomic E-state index is 0.0703. The average molecular weight is 290 g/mol. The molecule has 7 heteroatoms. The molecule has 1 amide bonds. The van der Waals surface area contributed by atoms with Crippen molar-refractivity contribution in [3.05, 3.63) is 22.6 Å². The second kappa shape index (κ2) is 5.55. The Bertz CT molecular complexity index is 402. The molecule has 1 unspecified atom stereocenters. The summed E-state index contributed by atoms with van der Waals surface area (Å²) < 4.78 is 5.55. The van der Waals surface area contributed by atoms with Gasteiger partial charge in [0, 0.05) is 12.5 Å². The number of furan rings is 1. The van der Waals surface area contributed by atoms with Gasteiger partial charge in [-0.2, -0.15) is 0 Å². The Labute approximate surface area is 101 Å². The maximum absolute atomic E-state index is 11.5. The predicted octanol–water partition coefficient (Wildman–Crippen LogP) is 1.15. The molecule has 88 valence electrons. The number of nitrogens with one attached hydrogen (secondary N) is 1. The minimum atomic E-state index is -0.344. The van der Waals surface area contributed by atoms with Gasteiger partial charge in [-0.3, -0.25) is 4.79 Å². The molecule has 0 aliphatic rings. The van der Waals surface area contributed by atoms with Crippen LogP contribution in [0.4, 0.5) is 0 Å². The highest BCUT2D eigenvalue weighted by atomic mass is 79.9. The Kier molecular flexibility index (Phi) is 4.36. The van der Waals surface area contributed by atoms with Crippen molar-refractivity contribution in [1.29, 1.82) is 0 Å². The van der Waals surface area contributed by atoms with Gasteiger partial charge in [0.2, 0.25) is 0 Å². The third-order valence-electron chi connectivity index (χ3n) is 1.99. The van der Waals surface area contributed by atoms with E-state index in [1.54, 1.807) is 19.1 Å². The van der Waals surface area contributed by atoms with Crippen LogP contribution in [0.5, 0.6) is 0 Å². The van der Waals surface area contributed by atoms with Gasteiger partial charge in [0.25, 0.3) is 5.91 Å². The maximum Gasteiger partial charge on any atom is 0.287 e. The quantitative estimate of drug-likeness (QED) is 0.335. The predicted molar refractivity (Wildman–Crippen MR) is 61.3 cm³/mol. The lowest BCUT2D eigenvalue weighted by Gasteiger charge is -2.09. The third kappa shape index (κ3) is 3.27. The van der Waals surface area contributed by atoms with Crippen LogP contribution in [0.1, 0.15) is 17.5 Å². The van der Waals surface area contributed by atoms with Crippen LogP contribution in [-0.2, 0) is 0 Å². The zero-order valence-corrected chi connectivity index (χ0v) is 10.2. The summed E-state index contributed by atoms with van der Waals surface area (Å²) in [6, 6.07) is 3.18. The number of amides is 1. The van der Waals surface area contributed by atoms with Gasteiger partial charge in [-0.05, 0) is 28.1 Å². The maximum atomic E-state index is 11.5. The largest absolute Gasteiger partial charge is 0.444 e. The molecule has 1 heterocycles. The van der Waals surface area contributed by atoms with Gasteiger partial charge >= 0.3 is 0 Å². The highest BCUT2D eigenvalue weighted by Gasteiger charge is 2.13. The van der Waals surface area contributed by atoms with Crippen molar-refractivity contribution in [1.82, 2.24) is 5.32 Å². The molecule has 0 aromatic carbocycles. The van der Waals surface area contributed by atoms with Gasteiger partial charge in [-0.1, -0.05) is 12.1 Å². The first kappa shape index (κ1) is 12.6.